The molecular formula is C15H28F3N5O. The van der Waals surface area contributed by atoms with Crippen LogP contribution in [0.1, 0.15) is 27.2 Å². The molecule has 1 amide bonds. The Morgan fingerprint density at radius 2 is 2.00 bits per heavy atom. The molecule has 0 saturated carbocycles. The van der Waals surface area contributed by atoms with Gasteiger partial charge in [-0.2, -0.15) is 13.2 Å². The number of nitrogens with zero attached hydrogens (tertiary/aromatic N) is 2. The van der Waals surface area contributed by atoms with Crippen molar-refractivity contribution in [1.29, 1.82) is 0 Å². The molecule has 1 rings (SSSR count). The first kappa shape index (κ1) is 20.5. The molecule has 1 fully saturated rings. The minimum Gasteiger partial charge on any atom is -0.359 e. The molecule has 6 nitrogen and oxygen atoms in total. The first-order valence-corrected chi connectivity index (χ1v) is 8.13. The predicted molar refractivity (Wildman–Crippen MR) is 87.9 cm³/mol. The summed E-state index contributed by atoms with van der Waals surface area (Å²) in [6, 6.07) is -0.0896. The van der Waals surface area contributed by atoms with Crippen molar-refractivity contribution in [3.05, 3.63) is 0 Å². The summed E-state index contributed by atoms with van der Waals surface area (Å²) in [5.41, 5.74) is -0.658. The Morgan fingerprint density at radius 1 is 1.33 bits per heavy atom. The van der Waals surface area contributed by atoms with E-state index in [0.717, 1.165) is 0 Å². The van der Waals surface area contributed by atoms with Gasteiger partial charge in [-0.15, -0.1) is 0 Å². The molecule has 0 aromatic rings. The fraction of sp³-hybridized carbons (Fsp3) is 0.867. The van der Waals surface area contributed by atoms with E-state index in [1.807, 2.05) is 6.92 Å². The van der Waals surface area contributed by atoms with Crippen LogP contribution >= 0.6 is 0 Å². The van der Waals surface area contributed by atoms with Gasteiger partial charge in [-0.05, 0) is 27.2 Å². The van der Waals surface area contributed by atoms with E-state index in [2.05, 4.69) is 20.9 Å². The lowest BCUT2D eigenvalue weighted by Crippen LogP contribution is -2.46. The summed E-state index contributed by atoms with van der Waals surface area (Å²) in [6.45, 7) is 6.24. The number of likely N-dealkylation sites (tertiary alicyclic amines) is 1. The zero-order valence-corrected chi connectivity index (χ0v) is 14.8. The smallest absolute Gasteiger partial charge is 0.359 e. The van der Waals surface area contributed by atoms with E-state index in [1.54, 1.807) is 20.9 Å². The number of alkyl halides is 3. The number of amides is 1. The number of hydrogen-bond acceptors (Lipinski definition) is 3. The second-order valence-corrected chi connectivity index (χ2v) is 6.64. The van der Waals surface area contributed by atoms with Crippen molar-refractivity contribution in [2.24, 2.45) is 10.4 Å². The van der Waals surface area contributed by atoms with E-state index >= 15 is 0 Å². The Balaban J connectivity index is 2.60. The topological polar surface area (TPSA) is 68.8 Å². The SMILES string of the molecule is CCNC(=NCC(C)(C)C(=O)NC)NC1CCN(CC(F)(F)F)C1. The number of aliphatic imine (C=N–C) groups is 1. The van der Waals surface area contributed by atoms with Gasteiger partial charge in [0, 0.05) is 32.7 Å². The van der Waals surface area contributed by atoms with Gasteiger partial charge in [-0.25, -0.2) is 0 Å². The van der Waals surface area contributed by atoms with Crippen LogP contribution in [-0.4, -0.2) is 68.8 Å². The van der Waals surface area contributed by atoms with Crippen LogP contribution in [0.4, 0.5) is 13.2 Å². The third-order valence-electron chi connectivity index (χ3n) is 3.83. The van der Waals surface area contributed by atoms with Gasteiger partial charge in [0.1, 0.15) is 0 Å². The number of carbonyl (C=O) groups excluding carboxylic acids is 1. The van der Waals surface area contributed by atoms with Gasteiger partial charge in [0.25, 0.3) is 0 Å². The fourth-order valence-electron chi connectivity index (χ4n) is 2.55. The van der Waals surface area contributed by atoms with Gasteiger partial charge in [-0.1, -0.05) is 0 Å². The minimum absolute atomic E-state index is 0.0896. The molecular weight excluding hydrogens is 323 g/mol. The highest BCUT2D eigenvalue weighted by molar-refractivity contribution is 5.83. The molecule has 1 aliphatic rings. The predicted octanol–water partition coefficient (Wildman–Crippen LogP) is 0.950. The molecule has 0 aromatic carbocycles. The molecule has 0 aromatic heterocycles. The number of halogens is 3. The van der Waals surface area contributed by atoms with Crippen molar-refractivity contribution in [3.8, 4) is 0 Å². The maximum absolute atomic E-state index is 12.4. The number of carbonyl (C=O) groups is 1. The summed E-state index contributed by atoms with van der Waals surface area (Å²) >= 11 is 0. The lowest BCUT2D eigenvalue weighted by molar-refractivity contribution is -0.143. The van der Waals surface area contributed by atoms with Crippen molar-refractivity contribution >= 4 is 11.9 Å². The van der Waals surface area contributed by atoms with Crippen LogP contribution in [0, 0.1) is 5.41 Å². The molecule has 1 unspecified atom stereocenters. The third-order valence-corrected chi connectivity index (χ3v) is 3.83. The normalized spacial score (nSPS) is 20.1. The maximum atomic E-state index is 12.4. The molecule has 140 valence electrons. The monoisotopic (exact) mass is 351 g/mol. The Kier molecular flexibility index (Phi) is 7.31. The van der Waals surface area contributed by atoms with Crippen LogP contribution in [0.2, 0.25) is 0 Å². The van der Waals surface area contributed by atoms with Crippen molar-refractivity contribution in [2.45, 2.75) is 39.4 Å². The Labute approximate surface area is 141 Å². The zero-order valence-electron chi connectivity index (χ0n) is 14.8. The molecule has 3 N–H and O–H groups in total. The summed E-state index contributed by atoms with van der Waals surface area (Å²) in [5, 5.41) is 8.83. The standard InChI is InChI=1S/C15H28F3N5O/c1-5-20-13(21-9-14(2,3)12(24)19-4)22-11-6-7-23(8-11)10-15(16,17)18/h11H,5-10H2,1-4H3,(H,19,24)(H2,20,21,22). The highest BCUT2D eigenvalue weighted by Crippen LogP contribution is 2.20. The minimum atomic E-state index is -4.18. The molecule has 0 radical (unpaired) electrons. The molecule has 1 saturated heterocycles. The molecule has 0 bridgehead atoms. The zero-order chi connectivity index (χ0) is 18.4. The van der Waals surface area contributed by atoms with Crippen LogP contribution < -0.4 is 16.0 Å². The summed E-state index contributed by atoms with van der Waals surface area (Å²) < 4.78 is 37.3. The van der Waals surface area contributed by atoms with E-state index in [-0.39, 0.29) is 18.5 Å². The van der Waals surface area contributed by atoms with Gasteiger partial charge in [0.05, 0.1) is 18.5 Å². The van der Waals surface area contributed by atoms with Gasteiger partial charge < -0.3 is 16.0 Å². The molecule has 0 spiro atoms. The number of guanidine groups is 1. The van der Waals surface area contributed by atoms with Crippen LogP contribution in [0.5, 0.6) is 0 Å². The van der Waals surface area contributed by atoms with E-state index < -0.39 is 18.1 Å². The largest absolute Gasteiger partial charge is 0.401 e. The Hall–Kier alpha value is -1.51. The van der Waals surface area contributed by atoms with E-state index in [0.29, 0.717) is 32.0 Å². The number of hydrogen-bond donors (Lipinski definition) is 3. The summed E-state index contributed by atoms with van der Waals surface area (Å²) in [5.74, 6) is 0.410. The second-order valence-electron chi connectivity index (χ2n) is 6.64. The Bertz CT molecular complexity index is 451. The quantitative estimate of drug-likeness (QED) is 0.492. The van der Waals surface area contributed by atoms with Crippen LogP contribution in [0.15, 0.2) is 4.99 Å². The average Bonchev–Trinajstić information content (AvgIpc) is 2.89. The van der Waals surface area contributed by atoms with Gasteiger partial charge >= 0.3 is 6.18 Å². The van der Waals surface area contributed by atoms with E-state index in [4.69, 9.17) is 0 Å². The molecule has 0 aliphatic carbocycles. The first-order chi connectivity index (χ1) is 11.1. The van der Waals surface area contributed by atoms with Crippen molar-refractivity contribution in [2.75, 3.05) is 39.8 Å². The Morgan fingerprint density at radius 3 is 2.54 bits per heavy atom. The van der Waals surface area contributed by atoms with Gasteiger partial charge in [0.2, 0.25) is 5.91 Å². The molecule has 1 atom stereocenters. The van der Waals surface area contributed by atoms with Crippen LogP contribution in [0.3, 0.4) is 0 Å². The molecule has 24 heavy (non-hydrogen) atoms. The molecule has 9 heteroatoms. The third kappa shape index (κ3) is 6.94. The molecule has 1 aliphatic heterocycles. The van der Waals surface area contributed by atoms with Crippen LogP contribution in [-0.2, 0) is 4.79 Å². The average molecular weight is 351 g/mol. The molecule has 1 heterocycles. The maximum Gasteiger partial charge on any atom is 0.401 e. The van der Waals surface area contributed by atoms with E-state index in [1.165, 1.54) is 4.90 Å². The lowest BCUT2D eigenvalue weighted by Gasteiger charge is -2.22. The summed E-state index contributed by atoms with van der Waals surface area (Å²) in [7, 11) is 1.57. The van der Waals surface area contributed by atoms with Gasteiger partial charge in [0.15, 0.2) is 5.96 Å². The highest BCUT2D eigenvalue weighted by atomic mass is 19.4. The highest BCUT2D eigenvalue weighted by Gasteiger charge is 2.34. The number of rotatable bonds is 6. The van der Waals surface area contributed by atoms with Crippen molar-refractivity contribution in [3.63, 3.8) is 0 Å². The lowest BCUT2D eigenvalue weighted by atomic mass is 9.93. The van der Waals surface area contributed by atoms with Crippen LogP contribution in [0.25, 0.3) is 0 Å². The number of nitrogens with one attached hydrogen (secondary N) is 3. The van der Waals surface area contributed by atoms with Crippen molar-refractivity contribution in [1.82, 2.24) is 20.9 Å². The van der Waals surface area contributed by atoms with Gasteiger partial charge in [-0.3, -0.25) is 14.7 Å². The first-order valence-electron chi connectivity index (χ1n) is 8.13. The summed E-state index contributed by atoms with van der Waals surface area (Å²) in [6.07, 6.45) is -3.55. The fourth-order valence-corrected chi connectivity index (χ4v) is 2.55. The second kappa shape index (κ2) is 8.55. The van der Waals surface area contributed by atoms with Crippen molar-refractivity contribution < 1.29 is 18.0 Å². The summed E-state index contributed by atoms with van der Waals surface area (Å²) in [4.78, 5) is 17.6. The van der Waals surface area contributed by atoms with E-state index in [9.17, 15) is 18.0 Å².